The molecule has 3 rings (SSSR count). The van der Waals surface area contributed by atoms with Crippen molar-refractivity contribution in [2.24, 2.45) is 0 Å². The lowest BCUT2D eigenvalue weighted by Crippen LogP contribution is -2.31. The van der Waals surface area contributed by atoms with E-state index >= 15 is 0 Å². The smallest absolute Gasteiger partial charge is 0.286 e. The summed E-state index contributed by atoms with van der Waals surface area (Å²) in [5.74, 6) is -0.334. The number of nitrogens with zero attached hydrogens (tertiary/aromatic N) is 2. The molecule has 2 N–H and O–H groups in total. The van der Waals surface area contributed by atoms with Crippen LogP contribution >= 0.6 is 11.3 Å². The Bertz CT molecular complexity index is 714. The Morgan fingerprint density at radius 1 is 1.24 bits per heavy atom. The van der Waals surface area contributed by atoms with Gasteiger partial charge >= 0.3 is 0 Å². The molecule has 0 radical (unpaired) electrons. The number of carbonyl (C=O) groups is 2. The quantitative estimate of drug-likeness (QED) is 0.788. The summed E-state index contributed by atoms with van der Waals surface area (Å²) in [6, 6.07) is 9.17. The van der Waals surface area contributed by atoms with Gasteiger partial charge in [0, 0.05) is 31.7 Å². The average Bonchev–Trinajstić information content (AvgIpc) is 3.31. The minimum absolute atomic E-state index is 0.0408. The fourth-order valence-electron chi connectivity index (χ4n) is 2.49. The number of ether oxygens (including phenoxy) is 1. The summed E-state index contributed by atoms with van der Waals surface area (Å²) in [6.45, 7) is 1.33. The number of aryl methyl sites for hydroxylation is 1. The van der Waals surface area contributed by atoms with Crippen molar-refractivity contribution in [3.05, 3.63) is 40.3 Å². The molecule has 0 spiro atoms. The molecule has 8 heteroatoms. The summed E-state index contributed by atoms with van der Waals surface area (Å²) in [6.07, 6.45) is 2.98. The third-order valence-corrected chi connectivity index (χ3v) is 4.79. The molecule has 2 amide bonds. The van der Waals surface area contributed by atoms with E-state index in [1.807, 2.05) is 18.2 Å². The number of hydrogen-bond donors (Lipinski definition) is 2. The van der Waals surface area contributed by atoms with Crippen LogP contribution in [0.4, 0.5) is 5.69 Å². The lowest BCUT2D eigenvalue weighted by Gasteiger charge is -2.10. The number of anilines is 1. The Kier molecular flexibility index (Phi) is 6.08. The third-order valence-electron chi connectivity index (χ3n) is 3.81. The maximum Gasteiger partial charge on any atom is 0.286 e. The number of aromatic nitrogens is 2. The molecular weight excluding hydrogens is 340 g/mol. The van der Waals surface area contributed by atoms with Crippen molar-refractivity contribution in [1.82, 2.24) is 15.5 Å². The van der Waals surface area contributed by atoms with Gasteiger partial charge in [0.05, 0.1) is 6.10 Å². The third kappa shape index (κ3) is 5.33. The molecule has 1 aromatic heterocycles. The molecule has 1 aliphatic heterocycles. The first-order chi connectivity index (χ1) is 12.2. The molecule has 7 nitrogen and oxygen atoms in total. The molecule has 0 bridgehead atoms. The van der Waals surface area contributed by atoms with Crippen LogP contribution in [0.25, 0.3) is 0 Å². The molecule has 1 atom stereocenters. The molecule has 1 saturated heterocycles. The first kappa shape index (κ1) is 17.5. The van der Waals surface area contributed by atoms with Crippen LogP contribution in [0.1, 0.15) is 34.1 Å². The van der Waals surface area contributed by atoms with Crippen LogP contribution in [0.2, 0.25) is 0 Å². The SMILES string of the molecule is O=C(CCc1nnc(C(=O)Nc2ccccc2)s1)NCC1CCCO1. The number of rotatable bonds is 7. The minimum Gasteiger partial charge on any atom is -0.376 e. The van der Waals surface area contributed by atoms with Gasteiger partial charge in [-0.2, -0.15) is 0 Å². The Labute approximate surface area is 149 Å². The molecule has 1 fully saturated rings. The zero-order chi connectivity index (χ0) is 17.5. The zero-order valence-electron chi connectivity index (χ0n) is 13.7. The van der Waals surface area contributed by atoms with Crippen LogP contribution in [0.3, 0.4) is 0 Å². The Morgan fingerprint density at radius 2 is 2.08 bits per heavy atom. The number of nitrogens with one attached hydrogen (secondary N) is 2. The summed E-state index contributed by atoms with van der Waals surface area (Å²) in [4.78, 5) is 24.0. The molecule has 1 aromatic carbocycles. The van der Waals surface area contributed by atoms with Crippen molar-refractivity contribution in [2.45, 2.75) is 31.8 Å². The maximum absolute atomic E-state index is 12.1. The molecule has 1 aliphatic rings. The van der Waals surface area contributed by atoms with Crippen LogP contribution in [-0.2, 0) is 16.0 Å². The molecular formula is C17H20N4O3S. The van der Waals surface area contributed by atoms with Crippen molar-refractivity contribution in [2.75, 3.05) is 18.5 Å². The van der Waals surface area contributed by atoms with E-state index in [-0.39, 0.29) is 17.9 Å². The van der Waals surface area contributed by atoms with E-state index in [1.54, 1.807) is 12.1 Å². The van der Waals surface area contributed by atoms with Crippen molar-refractivity contribution >= 4 is 28.8 Å². The first-order valence-electron chi connectivity index (χ1n) is 8.28. The predicted octanol–water partition coefficient (Wildman–Crippen LogP) is 2.02. The molecule has 0 saturated carbocycles. The van der Waals surface area contributed by atoms with Gasteiger partial charge in [0.2, 0.25) is 10.9 Å². The van der Waals surface area contributed by atoms with E-state index in [4.69, 9.17) is 4.74 Å². The molecule has 132 valence electrons. The number of para-hydroxylation sites is 1. The van der Waals surface area contributed by atoms with Crippen molar-refractivity contribution < 1.29 is 14.3 Å². The van der Waals surface area contributed by atoms with Gasteiger partial charge in [0.1, 0.15) is 5.01 Å². The maximum atomic E-state index is 12.1. The Hall–Kier alpha value is -2.32. The van der Waals surface area contributed by atoms with E-state index in [9.17, 15) is 9.59 Å². The fourth-order valence-corrected chi connectivity index (χ4v) is 3.23. The summed E-state index contributed by atoms with van der Waals surface area (Å²) >= 11 is 1.21. The molecule has 1 unspecified atom stereocenters. The van der Waals surface area contributed by atoms with Crippen molar-refractivity contribution in [1.29, 1.82) is 0 Å². The van der Waals surface area contributed by atoms with E-state index in [2.05, 4.69) is 20.8 Å². The van der Waals surface area contributed by atoms with Gasteiger partial charge in [-0.05, 0) is 25.0 Å². The fraction of sp³-hybridized carbons (Fsp3) is 0.412. The van der Waals surface area contributed by atoms with E-state index in [0.717, 1.165) is 19.4 Å². The summed E-state index contributed by atoms with van der Waals surface area (Å²) < 4.78 is 5.47. The molecule has 0 aliphatic carbocycles. The normalized spacial score (nSPS) is 16.6. The second-order valence-electron chi connectivity index (χ2n) is 5.76. The number of benzene rings is 1. The van der Waals surface area contributed by atoms with Crippen LogP contribution in [0.5, 0.6) is 0 Å². The van der Waals surface area contributed by atoms with E-state index in [1.165, 1.54) is 11.3 Å². The average molecular weight is 360 g/mol. The molecule has 2 heterocycles. The monoisotopic (exact) mass is 360 g/mol. The zero-order valence-corrected chi connectivity index (χ0v) is 14.6. The Morgan fingerprint density at radius 3 is 2.84 bits per heavy atom. The second kappa shape index (κ2) is 8.68. The minimum atomic E-state index is -0.294. The Balaban J connectivity index is 1.43. The highest BCUT2D eigenvalue weighted by molar-refractivity contribution is 7.13. The standard InChI is InChI=1S/C17H20N4O3S/c22-14(18-11-13-7-4-10-24-13)8-9-15-20-21-17(25-15)16(23)19-12-5-2-1-3-6-12/h1-3,5-6,13H,4,7-11H2,(H,18,22)(H,19,23). The van der Waals surface area contributed by atoms with Gasteiger partial charge in [-0.3, -0.25) is 9.59 Å². The highest BCUT2D eigenvalue weighted by Gasteiger charge is 2.17. The van der Waals surface area contributed by atoms with Gasteiger partial charge in [-0.25, -0.2) is 0 Å². The van der Waals surface area contributed by atoms with Gasteiger partial charge in [-0.15, -0.1) is 10.2 Å². The van der Waals surface area contributed by atoms with Gasteiger partial charge in [-0.1, -0.05) is 29.5 Å². The van der Waals surface area contributed by atoms with Gasteiger partial charge < -0.3 is 15.4 Å². The lowest BCUT2D eigenvalue weighted by molar-refractivity contribution is -0.121. The summed E-state index contributed by atoms with van der Waals surface area (Å²) in [7, 11) is 0. The number of amides is 2. The van der Waals surface area contributed by atoms with Crippen LogP contribution < -0.4 is 10.6 Å². The van der Waals surface area contributed by atoms with Crippen LogP contribution in [-0.4, -0.2) is 41.3 Å². The number of carbonyl (C=O) groups excluding carboxylic acids is 2. The lowest BCUT2D eigenvalue weighted by atomic mass is 10.2. The van der Waals surface area contributed by atoms with Crippen molar-refractivity contribution in [3.63, 3.8) is 0 Å². The van der Waals surface area contributed by atoms with Crippen LogP contribution in [0, 0.1) is 0 Å². The van der Waals surface area contributed by atoms with E-state index < -0.39 is 0 Å². The van der Waals surface area contributed by atoms with Gasteiger partial charge in [0.25, 0.3) is 5.91 Å². The van der Waals surface area contributed by atoms with Crippen molar-refractivity contribution in [3.8, 4) is 0 Å². The number of hydrogen-bond acceptors (Lipinski definition) is 6. The second-order valence-corrected chi connectivity index (χ2v) is 6.82. The summed E-state index contributed by atoms with van der Waals surface area (Å²) in [5, 5.41) is 14.5. The van der Waals surface area contributed by atoms with Crippen LogP contribution in [0.15, 0.2) is 30.3 Å². The predicted molar refractivity (Wildman–Crippen MR) is 94.6 cm³/mol. The highest BCUT2D eigenvalue weighted by atomic mass is 32.1. The summed E-state index contributed by atoms with van der Waals surface area (Å²) in [5.41, 5.74) is 0.706. The molecule has 2 aromatic rings. The highest BCUT2D eigenvalue weighted by Crippen LogP contribution is 2.15. The first-order valence-corrected chi connectivity index (χ1v) is 9.09. The molecule has 25 heavy (non-hydrogen) atoms. The topological polar surface area (TPSA) is 93.2 Å². The van der Waals surface area contributed by atoms with Gasteiger partial charge in [0.15, 0.2) is 0 Å². The largest absolute Gasteiger partial charge is 0.376 e. The van der Waals surface area contributed by atoms with E-state index in [0.29, 0.717) is 35.1 Å².